The van der Waals surface area contributed by atoms with Crippen LogP contribution in [0.2, 0.25) is 0 Å². The SMILES string of the molecule is CC[C@@H](C)N1C(=O)c2ccccc2N[C@H]1c1cccnc1. The smallest absolute Gasteiger partial charge is 0.258 e. The number of hydrogen-bond donors (Lipinski definition) is 1. The van der Waals surface area contributed by atoms with Crippen LogP contribution in [-0.4, -0.2) is 21.8 Å². The highest BCUT2D eigenvalue weighted by Crippen LogP contribution is 2.34. The van der Waals surface area contributed by atoms with Crippen molar-refractivity contribution in [1.29, 1.82) is 0 Å². The Morgan fingerprint density at radius 1 is 1.29 bits per heavy atom. The number of anilines is 1. The number of nitrogens with one attached hydrogen (secondary N) is 1. The van der Waals surface area contributed by atoms with Crippen molar-refractivity contribution in [3.63, 3.8) is 0 Å². The van der Waals surface area contributed by atoms with Crippen molar-refractivity contribution < 1.29 is 4.79 Å². The standard InChI is InChI=1S/C17H19N3O/c1-3-12(2)20-16(13-7-6-10-18-11-13)19-15-9-5-4-8-14(15)17(20)21/h4-12,16,19H,3H2,1-2H3/t12-,16-/m1/s1. The average Bonchev–Trinajstić information content (AvgIpc) is 2.55. The number of aromatic nitrogens is 1. The van der Waals surface area contributed by atoms with Crippen LogP contribution in [-0.2, 0) is 0 Å². The van der Waals surface area contributed by atoms with E-state index in [9.17, 15) is 4.79 Å². The van der Waals surface area contributed by atoms with Gasteiger partial charge in [0, 0.05) is 29.7 Å². The monoisotopic (exact) mass is 281 g/mol. The first kappa shape index (κ1) is 13.6. The van der Waals surface area contributed by atoms with Gasteiger partial charge in [0.2, 0.25) is 0 Å². The summed E-state index contributed by atoms with van der Waals surface area (Å²) < 4.78 is 0. The molecule has 1 aliphatic rings. The maximum absolute atomic E-state index is 12.9. The van der Waals surface area contributed by atoms with E-state index >= 15 is 0 Å². The molecule has 1 amide bonds. The predicted molar refractivity (Wildman–Crippen MR) is 83.0 cm³/mol. The Morgan fingerprint density at radius 3 is 2.81 bits per heavy atom. The number of hydrogen-bond acceptors (Lipinski definition) is 3. The van der Waals surface area contributed by atoms with Gasteiger partial charge in [-0.2, -0.15) is 0 Å². The van der Waals surface area contributed by atoms with Crippen molar-refractivity contribution in [2.24, 2.45) is 0 Å². The van der Waals surface area contributed by atoms with Gasteiger partial charge in [0.1, 0.15) is 6.17 Å². The molecular weight excluding hydrogens is 262 g/mol. The molecule has 1 aliphatic heterocycles. The molecule has 0 fully saturated rings. The summed E-state index contributed by atoms with van der Waals surface area (Å²) in [5, 5.41) is 3.47. The van der Waals surface area contributed by atoms with Crippen molar-refractivity contribution in [2.75, 3.05) is 5.32 Å². The molecular formula is C17H19N3O. The lowest BCUT2D eigenvalue weighted by Crippen LogP contribution is -2.47. The number of fused-ring (bicyclic) bond motifs is 1. The second-order valence-electron chi connectivity index (χ2n) is 5.35. The van der Waals surface area contributed by atoms with Gasteiger partial charge in [-0.25, -0.2) is 0 Å². The molecule has 4 heteroatoms. The van der Waals surface area contributed by atoms with Gasteiger partial charge in [-0.15, -0.1) is 0 Å². The zero-order valence-corrected chi connectivity index (χ0v) is 12.3. The molecule has 1 N–H and O–H groups in total. The molecule has 21 heavy (non-hydrogen) atoms. The number of nitrogens with zero attached hydrogens (tertiary/aromatic N) is 2. The van der Waals surface area contributed by atoms with Crippen LogP contribution in [0.25, 0.3) is 0 Å². The molecule has 1 aromatic carbocycles. The quantitative estimate of drug-likeness (QED) is 0.937. The topological polar surface area (TPSA) is 45.2 Å². The van der Waals surface area contributed by atoms with Crippen LogP contribution >= 0.6 is 0 Å². The van der Waals surface area contributed by atoms with Crippen molar-refractivity contribution >= 4 is 11.6 Å². The van der Waals surface area contributed by atoms with Crippen LogP contribution in [0.15, 0.2) is 48.8 Å². The summed E-state index contributed by atoms with van der Waals surface area (Å²) in [6.45, 7) is 4.18. The second-order valence-corrected chi connectivity index (χ2v) is 5.35. The Kier molecular flexibility index (Phi) is 3.60. The number of benzene rings is 1. The first-order valence-electron chi connectivity index (χ1n) is 7.30. The van der Waals surface area contributed by atoms with Gasteiger partial charge in [0.05, 0.1) is 5.56 Å². The van der Waals surface area contributed by atoms with E-state index in [1.54, 1.807) is 6.20 Å². The highest BCUT2D eigenvalue weighted by molar-refractivity contribution is 6.01. The van der Waals surface area contributed by atoms with Gasteiger partial charge in [0.25, 0.3) is 5.91 Å². The first-order chi connectivity index (χ1) is 10.2. The number of carbonyl (C=O) groups is 1. The van der Waals surface area contributed by atoms with E-state index in [0.717, 1.165) is 23.2 Å². The molecule has 2 heterocycles. The number of para-hydroxylation sites is 1. The third kappa shape index (κ3) is 2.37. The maximum Gasteiger partial charge on any atom is 0.258 e. The van der Waals surface area contributed by atoms with Gasteiger partial charge in [-0.3, -0.25) is 9.78 Å². The molecule has 1 aromatic heterocycles. The predicted octanol–water partition coefficient (Wildman–Crippen LogP) is 3.45. The minimum Gasteiger partial charge on any atom is -0.361 e. The zero-order chi connectivity index (χ0) is 14.8. The molecule has 0 aliphatic carbocycles. The molecule has 3 rings (SSSR count). The third-order valence-electron chi connectivity index (χ3n) is 4.03. The molecule has 2 aromatic rings. The summed E-state index contributed by atoms with van der Waals surface area (Å²) in [6, 6.07) is 11.7. The van der Waals surface area contributed by atoms with Gasteiger partial charge in [-0.1, -0.05) is 25.1 Å². The van der Waals surface area contributed by atoms with E-state index < -0.39 is 0 Å². The van der Waals surface area contributed by atoms with Gasteiger partial charge < -0.3 is 10.2 Å². The number of pyridine rings is 1. The van der Waals surface area contributed by atoms with Crippen LogP contribution in [0.1, 0.15) is 42.4 Å². The number of carbonyl (C=O) groups excluding carboxylic acids is 1. The fourth-order valence-electron chi connectivity index (χ4n) is 2.70. The van der Waals surface area contributed by atoms with E-state index in [1.807, 2.05) is 47.5 Å². The summed E-state index contributed by atoms with van der Waals surface area (Å²) in [6.07, 6.45) is 4.30. The van der Waals surface area contributed by atoms with Crippen LogP contribution in [0, 0.1) is 0 Å². The van der Waals surface area contributed by atoms with Crippen molar-refractivity contribution in [1.82, 2.24) is 9.88 Å². The molecule has 4 nitrogen and oxygen atoms in total. The summed E-state index contributed by atoms with van der Waals surface area (Å²) >= 11 is 0. The molecule has 0 bridgehead atoms. The minimum atomic E-state index is -0.170. The third-order valence-corrected chi connectivity index (χ3v) is 4.03. The fraction of sp³-hybridized carbons (Fsp3) is 0.294. The lowest BCUT2D eigenvalue weighted by atomic mass is 10.0. The molecule has 0 unspecified atom stereocenters. The molecule has 108 valence electrons. The van der Waals surface area contributed by atoms with Gasteiger partial charge in [0.15, 0.2) is 0 Å². The maximum atomic E-state index is 12.9. The minimum absolute atomic E-state index is 0.0764. The lowest BCUT2D eigenvalue weighted by molar-refractivity contribution is 0.0593. The Hall–Kier alpha value is -2.36. The van der Waals surface area contributed by atoms with Crippen molar-refractivity contribution in [3.05, 3.63) is 59.9 Å². The highest BCUT2D eigenvalue weighted by Gasteiger charge is 2.35. The fourth-order valence-corrected chi connectivity index (χ4v) is 2.70. The summed E-state index contributed by atoms with van der Waals surface area (Å²) in [4.78, 5) is 19.0. The summed E-state index contributed by atoms with van der Waals surface area (Å²) in [7, 11) is 0. The van der Waals surface area contributed by atoms with Gasteiger partial charge >= 0.3 is 0 Å². The molecule has 2 atom stereocenters. The largest absolute Gasteiger partial charge is 0.361 e. The second kappa shape index (κ2) is 5.56. The Balaban J connectivity index is 2.07. The number of rotatable bonds is 3. The average molecular weight is 281 g/mol. The number of amides is 1. The van der Waals surface area contributed by atoms with Crippen LogP contribution in [0.4, 0.5) is 5.69 Å². The Bertz CT molecular complexity index is 641. The van der Waals surface area contributed by atoms with Crippen LogP contribution in [0.5, 0.6) is 0 Å². The van der Waals surface area contributed by atoms with Gasteiger partial charge in [-0.05, 0) is 31.5 Å². The van der Waals surface area contributed by atoms with Crippen molar-refractivity contribution in [3.8, 4) is 0 Å². The first-order valence-corrected chi connectivity index (χ1v) is 7.30. The van der Waals surface area contributed by atoms with Crippen molar-refractivity contribution in [2.45, 2.75) is 32.5 Å². The normalized spacial score (nSPS) is 18.9. The summed E-state index contributed by atoms with van der Waals surface area (Å²) in [5.74, 6) is 0.0764. The van der Waals surface area contributed by atoms with Crippen LogP contribution < -0.4 is 5.32 Å². The van der Waals surface area contributed by atoms with E-state index in [0.29, 0.717) is 0 Å². The van der Waals surface area contributed by atoms with E-state index in [2.05, 4.69) is 24.1 Å². The highest BCUT2D eigenvalue weighted by atomic mass is 16.2. The van der Waals surface area contributed by atoms with Crippen LogP contribution in [0.3, 0.4) is 0 Å². The molecule has 0 saturated carbocycles. The molecule has 0 saturated heterocycles. The van der Waals surface area contributed by atoms with E-state index in [-0.39, 0.29) is 18.1 Å². The zero-order valence-electron chi connectivity index (χ0n) is 12.3. The van der Waals surface area contributed by atoms with E-state index in [4.69, 9.17) is 0 Å². The van der Waals surface area contributed by atoms with E-state index in [1.165, 1.54) is 0 Å². The Labute approximate surface area is 124 Å². The lowest BCUT2D eigenvalue weighted by Gasteiger charge is -2.41. The molecule has 0 spiro atoms. The molecule has 0 radical (unpaired) electrons. The summed E-state index contributed by atoms with van der Waals surface area (Å²) in [5.41, 5.74) is 2.62. The Morgan fingerprint density at radius 2 is 2.10 bits per heavy atom.